The molecule has 15 heavy (non-hydrogen) atoms. The molecule has 1 N–H and O–H groups in total. The molecule has 1 aromatic carbocycles. The third kappa shape index (κ3) is 1.60. The third-order valence-electron chi connectivity index (χ3n) is 2.50. The summed E-state index contributed by atoms with van der Waals surface area (Å²) in [5.74, 6) is 0.840. The minimum Gasteiger partial charge on any atom is -0.274 e. The molecule has 2 heterocycles. The first-order valence-corrected chi connectivity index (χ1v) is 5.59. The number of benzene rings is 1. The lowest BCUT2D eigenvalue weighted by atomic mass is 10.1. The van der Waals surface area contributed by atoms with Crippen molar-refractivity contribution >= 4 is 32.7 Å². The Morgan fingerprint density at radius 3 is 3.20 bits per heavy atom. The molecule has 76 valence electrons. The number of nitrogens with one attached hydrogen (secondary N) is 1. The van der Waals surface area contributed by atoms with Crippen molar-refractivity contribution in [2.75, 3.05) is 12.1 Å². The molecule has 3 nitrogen and oxygen atoms in total. The van der Waals surface area contributed by atoms with E-state index in [9.17, 15) is 0 Å². The van der Waals surface area contributed by atoms with Crippen LogP contribution in [0.25, 0.3) is 10.9 Å². The van der Waals surface area contributed by atoms with Gasteiger partial charge in [-0.25, -0.2) is 10.5 Å². The van der Waals surface area contributed by atoms with Gasteiger partial charge in [-0.15, -0.1) is 0 Å². The van der Waals surface area contributed by atoms with E-state index in [1.54, 1.807) is 0 Å². The van der Waals surface area contributed by atoms with Gasteiger partial charge in [-0.2, -0.15) is 0 Å². The lowest BCUT2D eigenvalue weighted by Gasteiger charge is -2.17. The van der Waals surface area contributed by atoms with Gasteiger partial charge in [0.1, 0.15) is 0 Å². The van der Waals surface area contributed by atoms with Gasteiger partial charge in [-0.05, 0) is 23.8 Å². The van der Waals surface area contributed by atoms with Gasteiger partial charge < -0.3 is 0 Å². The van der Waals surface area contributed by atoms with Gasteiger partial charge in [0.15, 0.2) is 5.82 Å². The van der Waals surface area contributed by atoms with Gasteiger partial charge in [0.25, 0.3) is 0 Å². The molecule has 0 unspecified atom stereocenters. The first-order chi connectivity index (χ1) is 7.33. The molecule has 0 bridgehead atoms. The Kier molecular flexibility index (Phi) is 2.11. The highest BCUT2D eigenvalue weighted by molar-refractivity contribution is 9.10. The number of anilines is 1. The van der Waals surface area contributed by atoms with Crippen LogP contribution in [0.1, 0.15) is 5.56 Å². The van der Waals surface area contributed by atoms with Crippen LogP contribution >= 0.6 is 15.9 Å². The van der Waals surface area contributed by atoms with Crippen LogP contribution in [0.3, 0.4) is 0 Å². The van der Waals surface area contributed by atoms with E-state index in [4.69, 9.17) is 4.84 Å². The SMILES string of the molecule is Brc1ccc2cc3c(nc2c1)NOCC3. The number of fused-ring (bicyclic) bond motifs is 2. The number of rotatable bonds is 0. The van der Waals surface area contributed by atoms with Gasteiger partial charge in [0.05, 0.1) is 12.1 Å². The normalized spacial score (nSPS) is 14.7. The standard InChI is InChI=1S/C11H9BrN2O/c12-9-2-1-7-5-8-3-4-15-14-11(8)13-10(7)6-9/h1-2,5-6H,3-4H2,(H,13,14). The van der Waals surface area contributed by atoms with Crippen molar-refractivity contribution in [1.82, 2.24) is 4.98 Å². The number of halogens is 1. The molecule has 0 amide bonds. The largest absolute Gasteiger partial charge is 0.274 e. The quantitative estimate of drug-likeness (QED) is 0.795. The maximum Gasteiger partial charge on any atom is 0.153 e. The van der Waals surface area contributed by atoms with Gasteiger partial charge in [0.2, 0.25) is 0 Å². The fourth-order valence-electron chi connectivity index (χ4n) is 1.74. The van der Waals surface area contributed by atoms with E-state index in [1.165, 1.54) is 10.9 Å². The fraction of sp³-hybridized carbons (Fsp3) is 0.182. The second-order valence-corrected chi connectivity index (χ2v) is 4.45. The van der Waals surface area contributed by atoms with E-state index >= 15 is 0 Å². The summed E-state index contributed by atoms with van der Waals surface area (Å²) < 4.78 is 1.04. The van der Waals surface area contributed by atoms with Gasteiger partial charge in [-0.1, -0.05) is 22.0 Å². The van der Waals surface area contributed by atoms with Crippen molar-refractivity contribution in [3.8, 4) is 0 Å². The van der Waals surface area contributed by atoms with Crippen LogP contribution in [-0.2, 0) is 11.3 Å². The maximum absolute atomic E-state index is 5.15. The Bertz CT molecular complexity index is 527. The predicted octanol–water partition coefficient (Wildman–Crippen LogP) is 2.90. The summed E-state index contributed by atoms with van der Waals surface area (Å²) in [5, 5.41) is 1.17. The number of hydrogen-bond acceptors (Lipinski definition) is 3. The van der Waals surface area contributed by atoms with E-state index in [0.29, 0.717) is 6.61 Å². The molecule has 2 aromatic rings. The summed E-state index contributed by atoms with van der Waals surface area (Å²) in [7, 11) is 0. The second-order valence-electron chi connectivity index (χ2n) is 3.53. The Hall–Kier alpha value is -1.13. The Balaban J connectivity index is 2.26. The Labute approximate surface area is 95.5 Å². The van der Waals surface area contributed by atoms with Gasteiger partial charge >= 0.3 is 0 Å². The monoisotopic (exact) mass is 264 g/mol. The van der Waals surface area contributed by atoms with E-state index in [2.05, 4.69) is 38.5 Å². The minimum absolute atomic E-state index is 0.705. The molecule has 0 atom stereocenters. The predicted molar refractivity (Wildman–Crippen MR) is 62.7 cm³/mol. The molecule has 0 spiro atoms. The summed E-state index contributed by atoms with van der Waals surface area (Å²) in [4.78, 5) is 9.66. The van der Waals surface area contributed by atoms with E-state index in [-0.39, 0.29) is 0 Å². The second kappa shape index (κ2) is 3.47. The minimum atomic E-state index is 0.705. The smallest absolute Gasteiger partial charge is 0.153 e. The summed E-state index contributed by atoms with van der Waals surface area (Å²) in [6.07, 6.45) is 0.918. The van der Waals surface area contributed by atoms with Crippen LogP contribution < -0.4 is 5.48 Å². The number of nitrogens with zero attached hydrogens (tertiary/aromatic N) is 1. The van der Waals surface area contributed by atoms with Crippen LogP contribution in [0.15, 0.2) is 28.7 Å². The molecule has 0 saturated heterocycles. The fourth-order valence-corrected chi connectivity index (χ4v) is 2.09. The molecule has 0 aliphatic carbocycles. The molecule has 0 radical (unpaired) electrons. The number of hydrogen-bond donors (Lipinski definition) is 1. The molecule has 1 aliphatic heterocycles. The Morgan fingerprint density at radius 2 is 2.27 bits per heavy atom. The Morgan fingerprint density at radius 1 is 1.33 bits per heavy atom. The third-order valence-corrected chi connectivity index (χ3v) is 2.99. The summed E-state index contributed by atoms with van der Waals surface area (Å²) in [6, 6.07) is 8.27. The molecule has 1 aromatic heterocycles. The van der Waals surface area contributed by atoms with Crippen LogP contribution in [0.4, 0.5) is 5.82 Å². The van der Waals surface area contributed by atoms with Crippen molar-refractivity contribution in [3.05, 3.63) is 34.3 Å². The highest BCUT2D eigenvalue weighted by Crippen LogP contribution is 2.25. The van der Waals surface area contributed by atoms with Crippen molar-refractivity contribution < 1.29 is 4.84 Å². The summed E-state index contributed by atoms with van der Waals surface area (Å²) in [6.45, 7) is 0.705. The number of aromatic nitrogens is 1. The number of pyridine rings is 1. The maximum atomic E-state index is 5.15. The van der Waals surface area contributed by atoms with E-state index < -0.39 is 0 Å². The van der Waals surface area contributed by atoms with Crippen molar-refractivity contribution in [2.24, 2.45) is 0 Å². The van der Waals surface area contributed by atoms with E-state index in [1.807, 2.05) is 12.1 Å². The highest BCUT2D eigenvalue weighted by atomic mass is 79.9. The molecule has 0 fully saturated rings. The van der Waals surface area contributed by atoms with E-state index in [0.717, 1.165) is 22.2 Å². The zero-order valence-electron chi connectivity index (χ0n) is 7.96. The van der Waals surface area contributed by atoms with Crippen molar-refractivity contribution in [1.29, 1.82) is 0 Å². The lowest BCUT2D eigenvalue weighted by Crippen LogP contribution is -2.15. The molecular weight excluding hydrogens is 256 g/mol. The molecule has 1 aliphatic rings. The average Bonchev–Trinajstić information content (AvgIpc) is 2.26. The summed E-state index contributed by atoms with van der Waals surface area (Å²) in [5.41, 5.74) is 5.04. The van der Waals surface area contributed by atoms with Crippen LogP contribution in [0, 0.1) is 0 Å². The first-order valence-electron chi connectivity index (χ1n) is 4.80. The zero-order valence-corrected chi connectivity index (χ0v) is 9.54. The highest BCUT2D eigenvalue weighted by Gasteiger charge is 2.11. The van der Waals surface area contributed by atoms with Gasteiger partial charge in [0, 0.05) is 16.3 Å². The van der Waals surface area contributed by atoms with Crippen molar-refractivity contribution in [3.63, 3.8) is 0 Å². The topological polar surface area (TPSA) is 34.2 Å². The van der Waals surface area contributed by atoms with Crippen LogP contribution in [-0.4, -0.2) is 11.6 Å². The lowest BCUT2D eigenvalue weighted by molar-refractivity contribution is 0.185. The summed E-state index contributed by atoms with van der Waals surface area (Å²) >= 11 is 3.44. The average molecular weight is 265 g/mol. The first kappa shape index (κ1) is 9.12. The molecule has 4 heteroatoms. The van der Waals surface area contributed by atoms with Crippen LogP contribution in [0.5, 0.6) is 0 Å². The molecule has 3 rings (SSSR count). The zero-order chi connectivity index (χ0) is 10.3. The van der Waals surface area contributed by atoms with Gasteiger partial charge in [-0.3, -0.25) is 4.84 Å². The molecule has 0 saturated carbocycles. The molecular formula is C11H9BrN2O. The van der Waals surface area contributed by atoms with Crippen molar-refractivity contribution in [2.45, 2.75) is 6.42 Å². The van der Waals surface area contributed by atoms with Crippen LogP contribution in [0.2, 0.25) is 0 Å².